The van der Waals surface area contributed by atoms with Gasteiger partial charge in [-0.3, -0.25) is 4.79 Å². The van der Waals surface area contributed by atoms with Gasteiger partial charge in [-0.05, 0) is 6.92 Å². The van der Waals surface area contributed by atoms with E-state index in [4.69, 9.17) is 0 Å². The fourth-order valence-electron chi connectivity index (χ4n) is 1.76. The summed E-state index contributed by atoms with van der Waals surface area (Å²) in [4.78, 5) is 12.2. The number of aryl methyl sites for hydroxylation is 1. The Labute approximate surface area is 102 Å². The molecule has 0 aliphatic rings. The molecule has 0 saturated carbocycles. The topological polar surface area (TPSA) is 20.9 Å². The van der Waals surface area contributed by atoms with E-state index in [1.54, 1.807) is 0 Å². The minimum atomic E-state index is -0.168. The molecule has 0 aliphatic carbocycles. The Kier molecular flexibility index (Phi) is 3.33. The highest BCUT2D eigenvalue weighted by Crippen LogP contribution is 2.10. The number of aromatic nitrogens is 1. The highest BCUT2D eigenvalue weighted by atomic mass is 16.1. The van der Waals surface area contributed by atoms with Gasteiger partial charge in [-0.1, -0.05) is 35.9 Å². The Morgan fingerprint density at radius 1 is 1.06 bits per heavy atom. The largest absolute Gasteiger partial charge is 0.287 e. The highest BCUT2D eigenvalue weighted by Gasteiger charge is 2.22. The van der Waals surface area contributed by atoms with Crippen LogP contribution in [0.1, 0.15) is 28.9 Å². The average Bonchev–Trinajstić information content (AvgIpc) is 2.39. The van der Waals surface area contributed by atoms with Crippen LogP contribution in [-0.4, -0.2) is 5.78 Å². The van der Waals surface area contributed by atoms with E-state index < -0.39 is 0 Å². The molecule has 0 spiro atoms. The van der Waals surface area contributed by atoms with Crippen molar-refractivity contribution in [3.8, 4) is 0 Å². The maximum absolute atomic E-state index is 12.2. The van der Waals surface area contributed by atoms with Crippen LogP contribution in [0.15, 0.2) is 54.9 Å². The first-order valence-corrected chi connectivity index (χ1v) is 5.75. The van der Waals surface area contributed by atoms with Crippen molar-refractivity contribution in [2.75, 3.05) is 0 Å². The third kappa shape index (κ3) is 2.59. The summed E-state index contributed by atoms with van der Waals surface area (Å²) in [5.74, 6) is 0.140. The van der Waals surface area contributed by atoms with Gasteiger partial charge in [0.05, 0.1) is 0 Å². The molecule has 0 N–H and O–H groups in total. The molecule has 0 saturated heterocycles. The third-order valence-corrected chi connectivity index (χ3v) is 2.90. The molecular formula is C15H16NO+. The van der Waals surface area contributed by atoms with Crippen LogP contribution in [0, 0.1) is 6.92 Å². The van der Waals surface area contributed by atoms with Crippen LogP contribution in [0.25, 0.3) is 0 Å². The lowest BCUT2D eigenvalue weighted by Crippen LogP contribution is -2.41. The Hall–Kier alpha value is -1.96. The fraction of sp³-hybridized carbons (Fsp3) is 0.200. The molecule has 0 amide bonds. The Balaban J connectivity index is 2.23. The van der Waals surface area contributed by atoms with Crippen LogP contribution in [-0.2, 0) is 0 Å². The van der Waals surface area contributed by atoms with Gasteiger partial charge in [-0.15, -0.1) is 0 Å². The molecule has 1 atom stereocenters. The van der Waals surface area contributed by atoms with Crippen molar-refractivity contribution in [2.24, 2.45) is 0 Å². The zero-order valence-corrected chi connectivity index (χ0v) is 10.1. The summed E-state index contributed by atoms with van der Waals surface area (Å²) in [7, 11) is 0. The first kappa shape index (κ1) is 11.5. The number of rotatable bonds is 3. The molecule has 0 bridgehead atoms. The third-order valence-electron chi connectivity index (χ3n) is 2.90. The zero-order chi connectivity index (χ0) is 12.3. The van der Waals surface area contributed by atoms with Crippen LogP contribution in [0.4, 0.5) is 0 Å². The normalized spacial score (nSPS) is 12.1. The lowest BCUT2D eigenvalue weighted by molar-refractivity contribution is -0.704. The van der Waals surface area contributed by atoms with Crippen LogP contribution in [0.5, 0.6) is 0 Å². The second-order valence-corrected chi connectivity index (χ2v) is 4.23. The summed E-state index contributed by atoms with van der Waals surface area (Å²) in [6.45, 7) is 3.94. The van der Waals surface area contributed by atoms with E-state index in [2.05, 4.69) is 0 Å². The Morgan fingerprint density at radius 2 is 1.65 bits per heavy atom. The zero-order valence-electron chi connectivity index (χ0n) is 10.1. The van der Waals surface area contributed by atoms with Crippen LogP contribution in [0.3, 0.4) is 0 Å². The van der Waals surface area contributed by atoms with E-state index >= 15 is 0 Å². The molecule has 1 heterocycles. The van der Waals surface area contributed by atoms with Crippen LogP contribution in [0.2, 0.25) is 0 Å². The second kappa shape index (κ2) is 4.91. The predicted molar refractivity (Wildman–Crippen MR) is 66.9 cm³/mol. The SMILES string of the molecule is Cc1ccc(C(=O)C(C)[n+]2ccccc2)cc1. The number of carbonyl (C=O) groups is 1. The molecule has 0 fully saturated rings. The maximum Gasteiger partial charge on any atom is 0.230 e. The maximum atomic E-state index is 12.2. The molecule has 1 aromatic heterocycles. The number of hydrogen-bond acceptors (Lipinski definition) is 1. The van der Waals surface area contributed by atoms with Gasteiger partial charge in [0.2, 0.25) is 11.8 Å². The van der Waals surface area contributed by atoms with Crippen molar-refractivity contribution in [3.05, 3.63) is 66.0 Å². The average molecular weight is 226 g/mol. The summed E-state index contributed by atoms with van der Waals surface area (Å²) in [5, 5.41) is 0. The van der Waals surface area contributed by atoms with Gasteiger partial charge in [-0.2, -0.15) is 4.57 Å². The minimum absolute atomic E-state index is 0.140. The predicted octanol–water partition coefficient (Wildman–Crippen LogP) is 2.73. The van der Waals surface area contributed by atoms with Crippen LogP contribution >= 0.6 is 0 Å². The summed E-state index contributed by atoms with van der Waals surface area (Å²) >= 11 is 0. The fourth-order valence-corrected chi connectivity index (χ4v) is 1.76. The molecule has 17 heavy (non-hydrogen) atoms. The number of benzene rings is 1. The van der Waals surface area contributed by atoms with Gasteiger partial charge in [0.25, 0.3) is 0 Å². The molecule has 1 unspecified atom stereocenters. The van der Waals surface area contributed by atoms with Gasteiger partial charge in [0.15, 0.2) is 12.4 Å². The number of nitrogens with zero attached hydrogens (tertiary/aromatic N) is 1. The van der Waals surface area contributed by atoms with Gasteiger partial charge in [0, 0.05) is 24.6 Å². The van der Waals surface area contributed by atoms with E-state index in [1.165, 1.54) is 5.56 Å². The molecule has 0 aliphatic heterocycles. The lowest BCUT2D eigenvalue weighted by atomic mass is 10.0. The molecule has 2 aromatic rings. The van der Waals surface area contributed by atoms with Gasteiger partial charge in [-0.25, -0.2) is 0 Å². The first-order chi connectivity index (χ1) is 8.18. The van der Waals surface area contributed by atoms with E-state index in [0.29, 0.717) is 0 Å². The van der Waals surface area contributed by atoms with Crippen molar-refractivity contribution in [1.82, 2.24) is 0 Å². The number of ketones is 1. The van der Waals surface area contributed by atoms with Crippen molar-refractivity contribution >= 4 is 5.78 Å². The second-order valence-electron chi connectivity index (χ2n) is 4.23. The summed E-state index contributed by atoms with van der Waals surface area (Å²) < 4.78 is 1.92. The summed E-state index contributed by atoms with van der Waals surface area (Å²) in [5.41, 5.74) is 1.93. The summed E-state index contributed by atoms with van der Waals surface area (Å²) in [6, 6.07) is 13.3. The molecular weight excluding hydrogens is 210 g/mol. The van der Waals surface area contributed by atoms with Crippen LogP contribution < -0.4 is 4.57 Å². The van der Waals surface area contributed by atoms with Crippen molar-refractivity contribution in [3.63, 3.8) is 0 Å². The number of carbonyl (C=O) groups excluding carboxylic acids is 1. The van der Waals surface area contributed by atoms with Crippen molar-refractivity contribution < 1.29 is 9.36 Å². The minimum Gasteiger partial charge on any atom is -0.287 e. The standard InChI is InChI=1S/C15H16NO/c1-12-6-8-14(9-7-12)15(17)13(2)16-10-4-3-5-11-16/h3-11,13H,1-2H3/q+1. The molecule has 2 heteroatoms. The Morgan fingerprint density at radius 3 is 2.24 bits per heavy atom. The van der Waals surface area contributed by atoms with E-state index in [9.17, 15) is 4.79 Å². The quantitative estimate of drug-likeness (QED) is 0.582. The number of Topliss-reactive ketones (excluding diaryl/α,β-unsaturated/α-hetero) is 1. The molecule has 1 aromatic carbocycles. The lowest BCUT2D eigenvalue weighted by Gasteiger charge is -2.06. The van der Waals surface area contributed by atoms with Gasteiger partial charge >= 0.3 is 0 Å². The van der Waals surface area contributed by atoms with Gasteiger partial charge in [0.1, 0.15) is 0 Å². The van der Waals surface area contributed by atoms with E-state index in [0.717, 1.165) is 5.56 Å². The number of hydrogen-bond donors (Lipinski definition) is 0. The molecule has 2 rings (SSSR count). The first-order valence-electron chi connectivity index (χ1n) is 5.75. The van der Waals surface area contributed by atoms with Crippen molar-refractivity contribution in [2.45, 2.75) is 19.9 Å². The van der Waals surface area contributed by atoms with Crippen molar-refractivity contribution in [1.29, 1.82) is 0 Å². The summed E-state index contributed by atoms with van der Waals surface area (Å²) in [6.07, 6.45) is 3.83. The molecule has 86 valence electrons. The number of pyridine rings is 1. The van der Waals surface area contributed by atoms with E-state index in [1.807, 2.05) is 73.3 Å². The highest BCUT2D eigenvalue weighted by molar-refractivity contribution is 5.97. The molecule has 0 radical (unpaired) electrons. The Bertz CT molecular complexity index is 502. The van der Waals surface area contributed by atoms with E-state index in [-0.39, 0.29) is 11.8 Å². The monoisotopic (exact) mass is 226 g/mol. The smallest absolute Gasteiger partial charge is 0.230 e. The molecule has 2 nitrogen and oxygen atoms in total. The van der Waals surface area contributed by atoms with Gasteiger partial charge < -0.3 is 0 Å².